The quantitative estimate of drug-likeness (QED) is 0.0201. The molecule has 0 saturated heterocycles. The lowest BCUT2D eigenvalue weighted by molar-refractivity contribution is -0.159. The zero-order valence-corrected chi connectivity index (χ0v) is 39.7. The van der Waals surface area contributed by atoms with Crippen LogP contribution in [0.2, 0.25) is 0 Å². The molecule has 68 heavy (non-hydrogen) atoms. The van der Waals surface area contributed by atoms with Crippen LogP contribution in [-0.2, 0) is 9.53 Å². The van der Waals surface area contributed by atoms with E-state index in [1.54, 1.807) is 0 Å². The maximum absolute atomic E-state index is 14.1. The van der Waals surface area contributed by atoms with Crippen LogP contribution >= 0.6 is 0 Å². The van der Waals surface area contributed by atoms with Gasteiger partial charge in [0, 0.05) is 0 Å². The van der Waals surface area contributed by atoms with Crippen LogP contribution in [0.4, 0.5) is 0 Å². The molecule has 0 aromatic rings. The lowest BCUT2D eigenvalue weighted by Crippen LogP contribution is -2.48. The smallest absolute Gasteiger partial charge is 0.309 e. The minimum atomic E-state index is -1.64. The minimum absolute atomic E-state index is 0.103. The van der Waals surface area contributed by atoms with Crippen LogP contribution in [-0.4, -0.2) is 242 Å². The Kier molecular flexibility index (Phi) is 38.5. The molecule has 18 unspecified atom stereocenters. The number of carbonyl (C=O) groups is 1. The fraction of sp³-hybridized carbons (Fsp3) is 0.978. The first-order valence-corrected chi connectivity index (χ1v) is 24.4. The number of aliphatic hydroxyl groups is 20. The Hall–Kier alpha value is -1.33. The van der Waals surface area contributed by atoms with Gasteiger partial charge in [-0.2, -0.15) is 0 Å². The van der Waals surface area contributed by atoms with Crippen molar-refractivity contribution >= 4 is 5.97 Å². The van der Waals surface area contributed by atoms with Crippen molar-refractivity contribution in [1.82, 2.24) is 0 Å². The molecule has 0 aromatic carbocycles. The Bertz CT molecular complexity index is 1190. The highest BCUT2D eigenvalue weighted by Gasteiger charge is 2.48. The van der Waals surface area contributed by atoms with E-state index in [0.29, 0.717) is 32.1 Å². The summed E-state index contributed by atoms with van der Waals surface area (Å²) in [6, 6.07) is 0. The highest BCUT2D eigenvalue weighted by atomic mass is 16.5. The Labute approximate surface area is 400 Å². The molecule has 0 bridgehead atoms. The van der Waals surface area contributed by atoms with Gasteiger partial charge in [-0.15, -0.1) is 0 Å². The van der Waals surface area contributed by atoms with Gasteiger partial charge in [-0.3, -0.25) is 4.79 Å². The second kappa shape index (κ2) is 39.2. The summed E-state index contributed by atoms with van der Waals surface area (Å²) in [5.74, 6) is -10.5. The predicted octanol–water partition coefficient (Wildman–Crippen LogP) is -4.77. The summed E-state index contributed by atoms with van der Waals surface area (Å²) in [6.07, 6.45) is -13.1. The number of unbranched alkanes of at least 4 members (excludes halogenated alkanes) is 5. The average molecular weight is 997 g/mol. The van der Waals surface area contributed by atoms with E-state index < -0.39 is 213 Å². The predicted molar refractivity (Wildman–Crippen MR) is 244 cm³/mol. The van der Waals surface area contributed by atoms with Crippen molar-refractivity contribution in [1.29, 1.82) is 0 Å². The summed E-state index contributed by atoms with van der Waals surface area (Å²) < 4.78 is 5.34. The van der Waals surface area contributed by atoms with Gasteiger partial charge in [0.2, 0.25) is 0 Å². The number of hydrogen-bond acceptors (Lipinski definition) is 22. The van der Waals surface area contributed by atoms with Crippen LogP contribution in [0.15, 0.2) is 0 Å². The summed E-state index contributed by atoms with van der Waals surface area (Å²) in [6.45, 7) is -8.65. The van der Waals surface area contributed by atoms with Gasteiger partial charge in [-0.25, -0.2) is 0 Å². The first-order valence-electron chi connectivity index (χ1n) is 24.4. The highest BCUT2D eigenvalue weighted by molar-refractivity contribution is 5.73. The maximum Gasteiger partial charge on any atom is 0.309 e. The van der Waals surface area contributed by atoms with Crippen LogP contribution in [0.1, 0.15) is 103 Å². The molecule has 0 spiro atoms. The van der Waals surface area contributed by atoms with Crippen molar-refractivity contribution in [2.75, 3.05) is 72.7 Å². The molecule has 0 radical (unpaired) electrons. The molecule has 0 aliphatic rings. The second-order valence-corrected chi connectivity index (χ2v) is 18.9. The Morgan fingerprint density at radius 3 is 0.956 bits per heavy atom. The number of rotatable bonds is 45. The van der Waals surface area contributed by atoms with E-state index in [9.17, 15) is 102 Å². The molecule has 22 nitrogen and oxygen atoms in total. The molecule has 0 saturated carbocycles. The number of hydrogen-bond donors (Lipinski definition) is 20. The van der Waals surface area contributed by atoms with Gasteiger partial charge in [-0.1, -0.05) is 44.9 Å². The number of ether oxygens (including phenoxy) is 1. The van der Waals surface area contributed by atoms with Crippen LogP contribution in [0, 0.1) is 47.3 Å². The van der Waals surface area contributed by atoms with Crippen molar-refractivity contribution in [3.05, 3.63) is 0 Å². The molecular formula is C46H92O22. The third kappa shape index (κ3) is 26.9. The molecule has 0 aliphatic carbocycles. The summed E-state index contributed by atoms with van der Waals surface area (Å²) in [5.41, 5.74) is 0. The number of aliphatic hydroxyl groups excluding tert-OH is 20. The molecule has 18 atom stereocenters. The third-order valence-corrected chi connectivity index (χ3v) is 13.4. The summed E-state index contributed by atoms with van der Waals surface area (Å²) in [7, 11) is 0. The normalized spacial score (nSPS) is 20.4. The van der Waals surface area contributed by atoms with Gasteiger partial charge in [0.25, 0.3) is 0 Å². The van der Waals surface area contributed by atoms with E-state index in [2.05, 4.69) is 0 Å². The molecule has 0 amide bonds. The summed E-state index contributed by atoms with van der Waals surface area (Å²) >= 11 is 0. The molecular weight excluding hydrogens is 904 g/mol. The first kappa shape index (κ1) is 66.7. The fourth-order valence-electron chi connectivity index (χ4n) is 10.0. The van der Waals surface area contributed by atoms with Crippen molar-refractivity contribution in [2.24, 2.45) is 47.3 Å². The van der Waals surface area contributed by atoms with Crippen LogP contribution in [0.25, 0.3) is 0 Å². The lowest BCUT2D eigenvalue weighted by Gasteiger charge is -2.49. The zero-order chi connectivity index (χ0) is 51.8. The van der Waals surface area contributed by atoms with Crippen molar-refractivity contribution < 1.29 is 112 Å². The average Bonchev–Trinajstić information content (AvgIpc) is 3.34. The van der Waals surface area contributed by atoms with Gasteiger partial charge >= 0.3 is 5.97 Å². The summed E-state index contributed by atoms with van der Waals surface area (Å²) in [5, 5.41) is 210. The molecule has 0 aromatic heterocycles. The first-order chi connectivity index (χ1) is 32.3. The van der Waals surface area contributed by atoms with E-state index in [4.69, 9.17) is 9.84 Å². The van der Waals surface area contributed by atoms with Gasteiger partial charge in [0.15, 0.2) is 0 Å². The van der Waals surface area contributed by atoms with E-state index in [0.717, 1.165) is 19.3 Å². The largest absolute Gasteiger partial charge is 0.463 e. The maximum atomic E-state index is 14.1. The number of carbonyl (C=O) groups excluding carboxylic acids is 1. The van der Waals surface area contributed by atoms with Gasteiger partial charge in [0.05, 0.1) is 127 Å². The number of esters is 1. The molecule has 0 heterocycles. The second-order valence-electron chi connectivity index (χ2n) is 18.9. The fourth-order valence-corrected chi connectivity index (χ4v) is 10.0. The van der Waals surface area contributed by atoms with Gasteiger partial charge < -0.3 is 107 Å². The zero-order valence-electron chi connectivity index (χ0n) is 39.7. The van der Waals surface area contributed by atoms with E-state index in [-0.39, 0.29) is 25.9 Å². The summed E-state index contributed by atoms with van der Waals surface area (Å²) in [4.78, 5) is 14.1. The Morgan fingerprint density at radius 2 is 0.574 bits per heavy atom. The Balaban J connectivity index is 8.40. The van der Waals surface area contributed by atoms with Crippen LogP contribution < -0.4 is 0 Å². The van der Waals surface area contributed by atoms with Crippen molar-refractivity contribution in [3.63, 3.8) is 0 Å². The monoisotopic (exact) mass is 997 g/mol. The molecule has 22 heteroatoms. The SMILES string of the molecule is O=C(OCC(O)CO)C(CC(O)CO)C(CC(O)CO)C(CC(O)CO)C(CC(O)CO)C(CC(O)CO)C(CC(O)CO)C(CC(O)CO)C(CCCCCCCCC(O)CO)CC(O)CO. The lowest BCUT2D eigenvalue weighted by atomic mass is 9.57. The molecule has 0 rings (SSSR count). The van der Waals surface area contributed by atoms with E-state index in [1.807, 2.05) is 0 Å². The minimum Gasteiger partial charge on any atom is -0.463 e. The van der Waals surface area contributed by atoms with Crippen molar-refractivity contribution in [3.8, 4) is 0 Å². The third-order valence-electron chi connectivity index (χ3n) is 13.4. The standard InChI is InChI=1S/C46H92O22/c47-17-29(57)8-6-4-2-1-3-5-7-28(9-30(58)18-48)39(10-31(59)19-49)40(11-32(60)20-50)41(12-33(61)21-51)42(13-34(62)22-52)43(14-35(63)23-53)44(15-36(64)24-54)45(16-37(65)25-55)46(67)68-27-38(66)26-56/h28-45,47-66H,1-27H2. The molecule has 20 N–H and O–H groups in total. The Morgan fingerprint density at radius 1 is 0.294 bits per heavy atom. The highest BCUT2D eigenvalue weighted by Crippen LogP contribution is 2.50. The molecule has 408 valence electrons. The topological polar surface area (TPSA) is 431 Å². The van der Waals surface area contributed by atoms with E-state index in [1.165, 1.54) is 0 Å². The van der Waals surface area contributed by atoms with Gasteiger partial charge in [0.1, 0.15) is 12.7 Å². The molecule has 0 fully saturated rings. The van der Waals surface area contributed by atoms with Gasteiger partial charge in [-0.05, 0) is 99.2 Å². The molecule has 0 aliphatic heterocycles. The van der Waals surface area contributed by atoms with Crippen LogP contribution in [0.3, 0.4) is 0 Å². The van der Waals surface area contributed by atoms with Crippen LogP contribution in [0.5, 0.6) is 0 Å². The van der Waals surface area contributed by atoms with E-state index >= 15 is 0 Å². The van der Waals surface area contributed by atoms with Crippen molar-refractivity contribution in [2.45, 2.75) is 164 Å².